The second kappa shape index (κ2) is 9.48. The molecule has 34 heavy (non-hydrogen) atoms. The lowest BCUT2D eigenvalue weighted by atomic mass is 10.0. The lowest BCUT2D eigenvalue weighted by Gasteiger charge is -2.22. The van der Waals surface area contributed by atoms with Gasteiger partial charge in [-0.2, -0.15) is 0 Å². The zero-order chi connectivity index (χ0) is 24.5. The third kappa shape index (κ3) is 3.91. The SMILES string of the molecule is CCN(CC)CC/C=C\c1ccccc1S(=O)(=O)N(F)C1(C(=O)O)[C@@H]2COc3ccccc3[C@H]21. The second-order valence-electron chi connectivity index (χ2n) is 8.54. The van der Waals surface area contributed by atoms with Crippen molar-refractivity contribution in [2.24, 2.45) is 5.92 Å². The normalized spacial score (nSPS) is 23.6. The molecule has 7 nitrogen and oxygen atoms in total. The van der Waals surface area contributed by atoms with Gasteiger partial charge in [0, 0.05) is 23.9 Å². The fourth-order valence-corrected chi connectivity index (χ4v) is 6.50. The quantitative estimate of drug-likeness (QED) is 0.510. The summed E-state index contributed by atoms with van der Waals surface area (Å²) >= 11 is 0. The highest BCUT2D eigenvalue weighted by Gasteiger charge is 2.79. The van der Waals surface area contributed by atoms with Crippen molar-refractivity contribution in [2.45, 2.75) is 36.6 Å². The number of fused-ring (bicyclic) bond motifs is 3. The molecule has 1 aliphatic carbocycles. The predicted molar refractivity (Wildman–Crippen MR) is 127 cm³/mol. The van der Waals surface area contributed by atoms with Gasteiger partial charge >= 0.3 is 5.97 Å². The number of halogens is 1. The van der Waals surface area contributed by atoms with Crippen LogP contribution in [-0.2, 0) is 14.8 Å². The summed E-state index contributed by atoms with van der Waals surface area (Å²) in [6, 6.07) is 12.8. The number of carbonyl (C=O) groups is 1. The number of carboxylic acid groups (broad SMARTS) is 1. The molecule has 182 valence electrons. The van der Waals surface area contributed by atoms with Crippen molar-refractivity contribution < 1.29 is 27.5 Å². The zero-order valence-electron chi connectivity index (χ0n) is 19.2. The lowest BCUT2D eigenvalue weighted by Crippen LogP contribution is -2.45. The van der Waals surface area contributed by atoms with Gasteiger partial charge in [0.05, 0.1) is 11.5 Å². The molecule has 4 rings (SSSR count). The molecule has 2 aliphatic rings. The smallest absolute Gasteiger partial charge is 0.329 e. The van der Waals surface area contributed by atoms with Gasteiger partial charge in [-0.05, 0) is 41.7 Å². The van der Waals surface area contributed by atoms with E-state index in [1.165, 1.54) is 12.1 Å². The Morgan fingerprint density at radius 3 is 2.56 bits per heavy atom. The fourth-order valence-electron chi connectivity index (χ4n) is 4.92. The Labute approximate surface area is 199 Å². The van der Waals surface area contributed by atoms with Crippen LogP contribution in [0.5, 0.6) is 5.75 Å². The molecule has 0 aromatic heterocycles. The van der Waals surface area contributed by atoms with Crippen LogP contribution in [0.4, 0.5) is 4.48 Å². The highest BCUT2D eigenvalue weighted by Crippen LogP contribution is 2.66. The molecule has 1 fully saturated rings. The van der Waals surface area contributed by atoms with Crippen molar-refractivity contribution in [3.63, 3.8) is 0 Å². The van der Waals surface area contributed by atoms with Crippen LogP contribution in [-0.4, -0.2) is 60.7 Å². The number of ether oxygens (including phenoxy) is 1. The molecule has 0 bridgehead atoms. The maximum Gasteiger partial charge on any atom is 0.329 e. The maximum absolute atomic E-state index is 15.9. The Morgan fingerprint density at radius 1 is 1.18 bits per heavy atom. The van der Waals surface area contributed by atoms with E-state index in [9.17, 15) is 18.3 Å². The molecule has 2 aromatic rings. The van der Waals surface area contributed by atoms with Gasteiger partial charge in [0.15, 0.2) is 5.54 Å². The van der Waals surface area contributed by atoms with E-state index < -0.39 is 37.9 Å². The Bertz CT molecular complexity index is 1200. The summed E-state index contributed by atoms with van der Waals surface area (Å²) in [7, 11) is -4.76. The number of carboxylic acids is 1. The fraction of sp³-hybridized carbons (Fsp3) is 0.400. The Kier molecular flexibility index (Phi) is 6.80. The van der Waals surface area contributed by atoms with Crippen molar-refractivity contribution in [1.82, 2.24) is 9.43 Å². The van der Waals surface area contributed by atoms with E-state index in [0.717, 1.165) is 19.6 Å². The molecule has 1 saturated carbocycles. The van der Waals surface area contributed by atoms with Crippen LogP contribution in [0.3, 0.4) is 0 Å². The average Bonchev–Trinajstić information content (AvgIpc) is 3.54. The summed E-state index contributed by atoms with van der Waals surface area (Å²) < 4.78 is 47.9. The van der Waals surface area contributed by atoms with Crippen molar-refractivity contribution in [3.05, 3.63) is 65.7 Å². The molecule has 9 heteroatoms. The van der Waals surface area contributed by atoms with Crippen LogP contribution in [0.25, 0.3) is 6.08 Å². The first-order valence-corrected chi connectivity index (χ1v) is 12.9. The van der Waals surface area contributed by atoms with Gasteiger partial charge < -0.3 is 14.7 Å². The molecule has 1 N–H and O–H groups in total. The van der Waals surface area contributed by atoms with E-state index in [1.54, 1.807) is 42.5 Å². The molecule has 3 atom stereocenters. The van der Waals surface area contributed by atoms with Gasteiger partial charge in [0.1, 0.15) is 5.75 Å². The standard InChI is InChI=1S/C25H29FN2O5S/c1-3-27(4-2)16-10-9-12-18-11-5-8-15-22(18)34(31,32)28(26)25(24(29)30)20-17-33-21-14-7-6-13-19(21)23(20)25/h5-9,11-15,20,23H,3-4,10,16-17H2,1-2H3,(H,29,30)/b12-9-/t20-,23-,25?/m1/s1. The van der Waals surface area contributed by atoms with E-state index in [0.29, 0.717) is 23.3 Å². The van der Waals surface area contributed by atoms with Gasteiger partial charge in [0.2, 0.25) is 0 Å². The summed E-state index contributed by atoms with van der Waals surface area (Å²) in [6.07, 6.45) is 4.20. The highest BCUT2D eigenvalue weighted by molar-refractivity contribution is 7.89. The van der Waals surface area contributed by atoms with E-state index in [4.69, 9.17) is 4.74 Å². The molecule has 1 unspecified atom stereocenters. The first kappa shape index (κ1) is 24.4. The monoisotopic (exact) mass is 488 g/mol. The molecular weight excluding hydrogens is 459 g/mol. The number of aliphatic carboxylic acids is 1. The van der Waals surface area contributed by atoms with Crippen molar-refractivity contribution in [2.75, 3.05) is 26.2 Å². The van der Waals surface area contributed by atoms with Crippen LogP contribution in [0.2, 0.25) is 0 Å². The van der Waals surface area contributed by atoms with Gasteiger partial charge in [-0.15, -0.1) is 4.48 Å². The molecule has 0 radical (unpaired) electrons. The minimum atomic E-state index is -4.76. The number of hydrogen-bond acceptors (Lipinski definition) is 5. The van der Waals surface area contributed by atoms with Gasteiger partial charge in [-0.25, -0.2) is 8.42 Å². The van der Waals surface area contributed by atoms with Crippen LogP contribution >= 0.6 is 0 Å². The largest absolute Gasteiger partial charge is 0.493 e. The zero-order valence-corrected chi connectivity index (χ0v) is 20.0. The topological polar surface area (TPSA) is 87.2 Å². The lowest BCUT2D eigenvalue weighted by molar-refractivity contribution is -0.149. The number of nitrogens with zero attached hydrogens (tertiary/aromatic N) is 2. The number of para-hydroxylation sites is 1. The van der Waals surface area contributed by atoms with Crippen LogP contribution < -0.4 is 4.74 Å². The molecule has 1 heterocycles. The molecule has 2 aromatic carbocycles. The van der Waals surface area contributed by atoms with E-state index >= 15 is 4.48 Å². The number of rotatable bonds is 10. The third-order valence-corrected chi connectivity index (χ3v) is 8.50. The summed E-state index contributed by atoms with van der Waals surface area (Å²) in [6.45, 7) is 6.72. The Balaban J connectivity index is 1.65. The van der Waals surface area contributed by atoms with Gasteiger partial charge in [-0.1, -0.05) is 62.4 Å². The first-order chi connectivity index (χ1) is 16.3. The molecular formula is C25H29FN2O5S. The summed E-state index contributed by atoms with van der Waals surface area (Å²) in [4.78, 5) is 14.3. The summed E-state index contributed by atoms with van der Waals surface area (Å²) in [5.74, 6) is -2.72. The third-order valence-electron chi connectivity index (χ3n) is 6.85. The predicted octanol–water partition coefficient (Wildman–Crippen LogP) is 3.94. The minimum absolute atomic E-state index is 0.0726. The summed E-state index contributed by atoms with van der Waals surface area (Å²) in [5.41, 5.74) is -1.43. The number of hydrogen-bond donors (Lipinski definition) is 1. The van der Waals surface area contributed by atoms with E-state index in [2.05, 4.69) is 18.7 Å². The van der Waals surface area contributed by atoms with Gasteiger partial charge in [-0.3, -0.25) is 4.79 Å². The van der Waals surface area contributed by atoms with Crippen molar-refractivity contribution in [1.29, 1.82) is 0 Å². The molecule has 0 amide bonds. The van der Waals surface area contributed by atoms with Crippen molar-refractivity contribution in [3.8, 4) is 5.75 Å². The molecule has 0 spiro atoms. The maximum atomic E-state index is 15.9. The van der Waals surface area contributed by atoms with Crippen LogP contribution in [0, 0.1) is 5.92 Å². The minimum Gasteiger partial charge on any atom is -0.493 e. The Hall–Kier alpha value is -2.75. The van der Waals surface area contributed by atoms with Gasteiger partial charge in [0.25, 0.3) is 10.0 Å². The van der Waals surface area contributed by atoms with Crippen LogP contribution in [0.15, 0.2) is 59.5 Å². The summed E-state index contributed by atoms with van der Waals surface area (Å²) in [5, 5.41) is 10.1. The number of benzene rings is 2. The second-order valence-corrected chi connectivity index (χ2v) is 10.2. The van der Waals surface area contributed by atoms with E-state index in [1.807, 2.05) is 6.08 Å². The van der Waals surface area contributed by atoms with Crippen LogP contribution in [0.1, 0.15) is 37.3 Å². The average molecular weight is 489 g/mol. The molecule has 0 saturated heterocycles. The molecule has 1 aliphatic heterocycles. The number of sulfonamides is 1. The van der Waals surface area contributed by atoms with E-state index in [-0.39, 0.29) is 11.5 Å². The Morgan fingerprint density at radius 2 is 1.85 bits per heavy atom. The highest BCUT2D eigenvalue weighted by atomic mass is 32.2. The van der Waals surface area contributed by atoms with Crippen molar-refractivity contribution >= 4 is 22.1 Å². The first-order valence-electron chi connectivity index (χ1n) is 11.4.